The largest absolute Gasteiger partial charge is 0.472 e. The van der Waals surface area contributed by atoms with Gasteiger partial charge in [-0.3, -0.25) is 9.05 Å². The van der Waals surface area contributed by atoms with Gasteiger partial charge in [0.25, 0.3) is 0 Å². The maximum Gasteiger partial charge on any atom is 0.472 e. The second-order valence-corrected chi connectivity index (χ2v) is 6.43. The van der Waals surface area contributed by atoms with Crippen LogP contribution in [0.3, 0.4) is 0 Å². The first-order chi connectivity index (χ1) is 7.82. The van der Waals surface area contributed by atoms with Gasteiger partial charge in [0.1, 0.15) is 0 Å². The fourth-order valence-electron chi connectivity index (χ4n) is 2.06. The molecule has 0 amide bonds. The molecule has 1 rings (SSSR count). The fourth-order valence-corrected chi connectivity index (χ4v) is 2.99. The van der Waals surface area contributed by atoms with Crippen LogP contribution < -0.4 is 0 Å². The van der Waals surface area contributed by atoms with Crippen molar-refractivity contribution in [2.24, 2.45) is 11.8 Å². The molecule has 0 aliphatic carbocycles. The van der Waals surface area contributed by atoms with Crippen LogP contribution in [0.4, 0.5) is 0 Å². The summed E-state index contributed by atoms with van der Waals surface area (Å²) in [4.78, 5) is 9.43. The summed E-state index contributed by atoms with van der Waals surface area (Å²) >= 11 is 0. The molecule has 0 aromatic rings. The molecule has 5 nitrogen and oxygen atoms in total. The molecular formula is C11H23O5P. The van der Waals surface area contributed by atoms with E-state index in [1.165, 1.54) is 0 Å². The Balaban J connectivity index is 2.42. The molecule has 6 heteroatoms. The van der Waals surface area contributed by atoms with E-state index in [1.54, 1.807) is 13.8 Å². The zero-order valence-corrected chi connectivity index (χ0v) is 11.9. The minimum Gasteiger partial charge on any atom is -0.375 e. The average molecular weight is 266 g/mol. The van der Waals surface area contributed by atoms with E-state index in [9.17, 15) is 9.46 Å². The topological polar surface area (TPSA) is 65.0 Å². The van der Waals surface area contributed by atoms with E-state index in [1.807, 2.05) is 0 Å². The second-order valence-electron chi connectivity index (χ2n) is 5.02. The lowest BCUT2D eigenvalue weighted by molar-refractivity contribution is 0.0201. The summed E-state index contributed by atoms with van der Waals surface area (Å²) in [5.74, 6) is 0.865. The molecule has 102 valence electrons. The zero-order chi connectivity index (χ0) is 13.1. The molecule has 0 bridgehead atoms. The van der Waals surface area contributed by atoms with Crippen LogP contribution in [0.2, 0.25) is 0 Å². The summed E-state index contributed by atoms with van der Waals surface area (Å²) in [6, 6.07) is 0. The van der Waals surface area contributed by atoms with Crippen LogP contribution in [0.15, 0.2) is 0 Å². The van der Waals surface area contributed by atoms with E-state index in [0.29, 0.717) is 18.4 Å². The lowest BCUT2D eigenvalue weighted by Gasteiger charge is -2.23. The van der Waals surface area contributed by atoms with E-state index in [4.69, 9.17) is 13.8 Å². The van der Waals surface area contributed by atoms with Crippen LogP contribution in [-0.4, -0.2) is 30.3 Å². The molecule has 1 saturated heterocycles. The molecule has 1 aliphatic heterocycles. The van der Waals surface area contributed by atoms with E-state index in [2.05, 4.69) is 13.8 Å². The van der Waals surface area contributed by atoms with Crippen molar-refractivity contribution in [3.05, 3.63) is 0 Å². The highest BCUT2D eigenvalue weighted by Gasteiger charge is 2.33. The molecule has 17 heavy (non-hydrogen) atoms. The van der Waals surface area contributed by atoms with Crippen molar-refractivity contribution in [3.63, 3.8) is 0 Å². The van der Waals surface area contributed by atoms with Crippen molar-refractivity contribution < 1.29 is 23.2 Å². The highest BCUT2D eigenvalue weighted by atomic mass is 31.2. The van der Waals surface area contributed by atoms with Crippen LogP contribution in [0.1, 0.15) is 34.1 Å². The normalized spacial score (nSPS) is 28.9. The van der Waals surface area contributed by atoms with Crippen molar-refractivity contribution in [3.8, 4) is 0 Å². The third kappa shape index (κ3) is 5.06. The molecule has 3 atom stereocenters. The van der Waals surface area contributed by atoms with Gasteiger partial charge in [0, 0.05) is 6.61 Å². The third-order valence-electron chi connectivity index (χ3n) is 2.86. The van der Waals surface area contributed by atoms with E-state index in [0.717, 1.165) is 6.42 Å². The van der Waals surface area contributed by atoms with Gasteiger partial charge in [-0.25, -0.2) is 4.57 Å². The molecule has 1 N–H and O–H groups in total. The summed E-state index contributed by atoms with van der Waals surface area (Å²) < 4.78 is 26.8. The quantitative estimate of drug-likeness (QED) is 0.748. The van der Waals surface area contributed by atoms with Crippen molar-refractivity contribution in [2.45, 2.75) is 46.3 Å². The summed E-state index contributed by atoms with van der Waals surface area (Å²) in [6.07, 6.45) is 0.536. The smallest absolute Gasteiger partial charge is 0.375 e. The maximum atomic E-state index is 11.5. The average Bonchev–Trinajstić information content (AvgIpc) is 2.60. The monoisotopic (exact) mass is 266 g/mol. The summed E-state index contributed by atoms with van der Waals surface area (Å²) in [5, 5.41) is 0. The third-order valence-corrected chi connectivity index (χ3v) is 4.03. The Bertz CT molecular complexity index is 279. The van der Waals surface area contributed by atoms with Gasteiger partial charge in [-0.2, -0.15) is 0 Å². The molecule has 0 aromatic heterocycles. The Morgan fingerprint density at radius 3 is 2.59 bits per heavy atom. The number of hydrogen-bond donors (Lipinski definition) is 1. The van der Waals surface area contributed by atoms with Crippen LogP contribution in [0.25, 0.3) is 0 Å². The van der Waals surface area contributed by atoms with Gasteiger partial charge in [0.05, 0.1) is 18.8 Å². The van der Waals surface area contributed by atoms with Crippen LogP contribution in [0, 0.1) is 11.8 Å². The molecular weight excluding hydrogens is 243 g/mol. The molecule has 1 fully saturated rings. The maximum absolute atomic E-state index is 11.5. The van der Waals surface area contributed by atoms with Crippen LogP contribution in [0.5, 0.6) is 0 Å². The molecule has 0 spiro atoms. The molecule has 0 radical (unpaired) electrons. The van der Waals surface area contributed by atoms with Crippen LogP contribution in [-0.2, 0) is 18.3 Å². The van der Waals surface area contributed by atoms with E-state index < -0.39 is 7.82 Å². The SMILES string of the molecule is CC(C)OP(=O)(O)OC[C@@H]1OCC[C@@H]1C(C)C. The number of rotatable bonds is 6. The van der Waals surface area contributed by atoms with E-state index >= 15 is 0 Å². The second kappa shape index (κ2) is 6.30. The standard InChI is InChI=1S/C11H23O5P/c1-8(2)10-5-6-14-11(10)7-15-17(12,13)16-9(3)4/h8-11H,5-7H2,1-4H3,(H,12,13)/t10-,11+/m1/s1. The number of ether oxygens (including phenoxy) is 1. The van der Waals surface area contributed by atoms with Gasteiger partial charge >= 0.3 is 7.82 Å². The summed E-state index contributed by atoms with van der Waals surface area (Å²) in [5.41, 5.74) is 0. The Hall–Kier alpha value is 0.0700. The molecule has 0 aromatic carbocycles. The molecule has 1 aliphatic rings. The van der Waals surface area contributed by atoms with Crippen molar-refractivity contribution in [2.75, 3.05) is 13.2 Å². The Kier molecular flexibility index (Phi) is 5.61. The molecule has 1 heterocycles. The van der Waals surface area contributed by atoms with Crippen molar-refractivity contribution in [1.82, 2.24) is 0 Å². The van der Waals surface area contributed by atoms with Gasteiger partial charge in [0.15, 0.2) is 0 Å². The minimum absolute atomic E-state index is 0.105. The fraction of sp³-hybridized carbons (Fsp3) is 1.00. The van der Waals surface area contributed by atoms with Crippen molar-refractivity contribution in [1.29, 1.82) is 0 Å². The Labute approximate surface area is 103 Å². The van der Waals surface area contributed by atoms with E-state index in [-0.39, 0.29) is 18.8 Å². The first-order valence-electron chi connectivity index (χ1n) is 6.09. The van der Waals surface area contributed by atoms with Gasteiger partial charge < -0.3 is 9.63 Å². The van der Waals surface area contributed by atoms with Gasteiger partial charge in [-0.05, 0) is 32.1 Å². The highest BCUT2D eigenvalue weighted by Crippen LogP contribution is 2.45. The molecule has 0 saturated carbocycles. The number of phosphoric acid groups is 1. The lowest BCUT2D eigenvalue weighted by Crippen LogP contribution is -2.25. The summed E-state index contributed by atoms with van der Waals surface area (Å²) in [6.45, 7) is 8.43. The summed E-state index contributed by atoms with van der Waals surface area (Å²) in [7, 11) is -3.94. The Morgan fingerprint density at radius 1 is 1.41 bits per heavy atom. The van der Waals surface area contributed by atoms with Gasteiger partial charge in [-0.15, -0.1) is 0 Å². The van der Waals surface area contributed by atoms with Gasteiger partial charge in [0.2, 0.25) is 0 Å². The zero-order valence-electron chi connectivity index (χ0n) is 11.0. The van der Waals surface area contributed by atoms with Gasteiger partial charge in [-0.1, -0.05) is 13.8 Å². The lowest BCUT2D eigenvalue weighted by atomic mass is 9.90. The van der Waals surface area contributed by atoms with Crippen molar-refractivity contribution >= 4 is 7.82 Å². The predicted octanol–water partition coefficient (Wildman–Crippen LogP) is 2.59. The number of phosphoric ester groups is 1. The first-order valence-corrected chi connectivity index (χ1v) is 7.58. The molecule has 1 unspecified atom stereocenters. The highest BCUT2D eigenvalue weighted by molar-refractivity contribution is 7.47. The first kappa shape index (κ1) is 15.1. The number of hydrogen-bond acceptors (Lipinski definition) is 4. The predicted molar refractivity (Wildman–Crippen MR) is 64.7 cm³/mol. The van der Waals surface area contributed by atoms with Crippen LogP contribution >= 0.6 is 7.82 Å². The Morgan fingerprint density at radius 2 is 2.06 bits per heavy atom. The minimum atomic E-state index is -3.94.